The normalized spacial score (nSPS) is 8.98. The van der Waals surface area contributed by atoms with Crippen LogP contribution < -0.4 is 5.32 Å². The Morgan fingerprint density at radius 1 is 0.674 bits per heavy atom. The molecule has 3 aromatic rings. The van der Waals surface area contributed by atoms with Crippen LogP contribution in [0.3, 0.4) is 0 Å². The third-order valence-corrected chi connectivity index (χ3v) is 5.12. The molecule has 245 valence electrons. The fourth-order valence-corrected chi connectivity index (χ4v) is 2.92. The standard InChI is InChI=1S/C12H17NO.C11H15.C8H9O.3C2H6.2CH4.Y/c1-9(14)13-11-7-5-10(6-8-11)12(2,3)4;1-9-5-7-10(8-6-9)11(2,3)4;1-2-7-3-5-8(9)6-4-7;3*1-2;;;/h5-8H,1-4H3,(H,13,14);5-8H,1H2,2-4H3;3-6,9H,1-2H2;3*1-2H3;2*1H4;/q;2*-1;;;;;;. The second kappa shape index (κ2) is 30.0. The average Bonchev–Trinajstić information content (AvgIpc) is 2.92. The molecule has 0 atom stereocenters. The van der Waals surface area contributed by atoms with Gasteiger partial charge in [-0.1, -0.05) is 133 Å². The van der Waals surface area contributed by atoms with Gasteiger partial charge in [-0.05, 0) is 40.7 Å². The largest absolute Gasteiger partial charge is 0.508 e. The molecular weight excluding hydrogens is 603 g/mol. The molecule has 1 amide bonds. The van der Waals surface area contributed by atoms with Crippen molar-refractivity contribution in [3.05, 3.63) is 109 Å². The van der Waals surface area contributed by atoms with Crippen LogP contribution in [0.25, 0.3) is 0 Å². The monoisotopic (exact) mass is 670 g/mol. The van der Waals surface area contributed by atoms with Crippen molar-refractivity contribution in [3.63, 3.8) is 0 Å². The fourth-order valence-electron chi connectivity index (χ4n) is 2.92. The summed E-state index contributed by atoms with van der Waals surface area (Å²) < 4.78 is 0. The molecule has 0 spiro atoms. The zero-order chi connectivity index (χ0) is 31.9. The summed E-state index contributed by atoms with van der Waals surface area (Å²) in [6.45, 7) is 34.2. The Bertz CT molecular complexity index is 996. The number of nitrogens with one attached hydrogen (secondary N) is 1. The van der Waals surface area contributed by atoms with E-state index in [1.165, 1.54) is 18.1 Å². The fraction of sp³-hybridized carbons (Fsp3) is 0.462. The summed E-state index contributed by atoms with van der Waals surface area (Å²) in [5, 5.41) is 11.6. The zero-order valence-electron chi connectivity index (χ0n) is 28.5. The molecule has 0 aromatic heterocycles. The predicted octanol–water partition coefficient (Wildman–Crippen LogP) is 12.2. The first-order valence-electron chi connectivity index (χ1n) is 14.6. The van der Waals surface area contributed by atoms with Gasteiger partial charge in [0.05, 0.1) is 0 Å². The van der Waals surface area contributed by atoms with E-state index >= 15 is 0 Å². The van der Waals surface area contributed by atoms with E-state index in [1.807, 2.05) is 77.9 Å². The van der Waals surface area contributed by atoms with Crippen molar-refractivity contribution in [2.75, 3.05) is 5.32 Å². The molecule has 0 saturated carbocycles. The van der Waals surface area contributed by atoms with Crippen LogP contribution in [0.2, 0.25) is 0 Å². The Hall–Kier alpha value is -2.10. The molecule has 3 rings (SSSR count). The molecule has 2 N–H and O–H groups in total. The Morgan fingerprint density at radius 3 is 1.28 bits per heavy atom. The van der Waals surface area contributed by atoms with E-state index in [9.17, 15) is 4.79 Å². The van der Waals surface area contributed by atoms with E-state index in [-0.39, 0.29) is 64.3 Å². The zero-order valence-corrected chi connectivity index (χ0v) is 31.3. The van der Waals surface area contributed by atoms with Crippen LogP contribution >= 0.6 is 0 Å². The van der Waals surface area contributed by atoms with Gasteiger partial charge in [0.25, 0.3) is 0 Å². The summed E-state index contributed by atoms with van der Waals surface area (Å²) in [6, 6.07) is 23.4. The van der Waals surface area contributed by atoms with Crippen LogP contribution in [0.4, 0.5) is 5.69 Å². The van der Waals surface area contributed by atoms with Gasteiger partial charge in [-0.15, -0.1) is 12.1 Å². The number of hydrogen-bond acceptors (Lipinski definition) is 2. The van der Waals surface area contributed by atoms with E-state index in [4.69, 9.17) is 5.11 Å². The molecule has 0 aliphatic rings. The Morgan fingerprint density at radius 2 is 1.00 bits per heavy atom. The second-order valence-corrected chi connectivity index (χ2v) is 10.4. The summed E-state index contributed by atoms with van der Waals surface area (Å²) in [4.78, 5) is 10.8. The molecule has 43 heavy (non-hydrogen) atoms. The molecule has 0 fully saturated rings. The first-order chi connectivity index (χ1) is 18.7. The first-order valence-corrected chi connectivity index (χ1v) is 14.6. The van der Waals surface area contributed by atoms with Crippen molar-refractivity contribution < 1.29 is 42.6 Å². The van der Waals surface area contributed by atoms with Gasteiger partial charge in [0.1, 0.15) is 5.75 Å². The molecule has 0 heterocycles. The van der Waals surface area contributed by atoms with Gasteiger partial charge in [-0.3, -0.25) is 4.79 Å². The SMILES string of the molecule is C.C.CC.CC.CC.CC(=O)Nc1ccc(C(C)(C)C)cc1.[CH2-]Cc1ccc(O)cc1.[CH2-]c1ccc(C(C)(C)C)cc1.[Y]. The number of rotatable bonds is 2. The molecule has 1 radical (unpaired) electrons. The molecule has 0 aliphatic carbocycles. The van der Waals surface area contributed by atoms with Gasteiger partial charge in [-0.25, -0.2) is 0 Å². The number of benzene rings is 3. The van der Waals surface area contributed by atoms with Crippen molar-refractivity contribution in [2.45, 2.75) is 122 Å². The number of carbonyl (C=O) groups is 1. The number of phenolic OH excluding ortho intramolecular Hbond substituents is 1. The van der Waals surface area contributed by atoms with Crippen molar-refractivity contribution in [1.29, 1.82) is 0 Å². The van der Waals surface area contributed by atoms with E-state index in [1.54, 1.807) is 12.1 Å². The van der Waals surface area contributed by atoms with Crippen LogP contribution in [-0.2, 0) is 54.8 Å². The Labute approximate surface area is 294 Å². The number of aromatic hydroxyl groups is 1. The molecule has 0 saturated heterocycles. The van der Waals surface area contributed by atoms with Crippen molar-refractivity contribution in [3.8, 4) is 5.75 Å². The van der Waals surface area contributed by atoms with E-state index in [2.05, 4.69) is 85.0 Å². The predicted molar refractivity (Wildman–Crippen MR) is 194 cm³/mol. The second-order valence-electron chi connectivity index (χ2n) is 10.4. The summed E-state index contributed by atoms with van der Waals surface area (Å²) in [7, 11) is 0. The van der Waals surface area contributed by atoms with Gasteiger partial charge in [0, 0.05) is 45.3 Å². The molecule has 0 aliphatic heterocycles. The topological polar surface area (TPSA) is 49.3 Å². The quantitative estimate of drug-likeness (QED) is 0.267. The molecule has 3 nitrogen and oxygen atoms in total. The first kappa shape index (κ1) is 53.5. The minimum atomic E-state index is -0.0338. The summed E-state index contributed by atoms with van der Waals surface area (Å²) in [6.07, 6.45) is 0.778. The molecule has 0 bridgehead atoms. The van der Waals surface area contributed by atoms with Gasteiger partial charge >= 0.3 is 0 Å². The molecule has 3 aromatic carbocycles. The van der Waals surface area contributed by atoms with Crippen LogP contribution in [0.5, 0.6) is 5.75 Å². The number of anilines is 1. The van der Waals surface area contributed by atoms with Gasteiger partial charge in [-0.2, -0.15) is 31.0 Å². The number of carbonyl (C=O) groups excluding carboxylic acids is 1. The van der Waals surface area contributed by atoms with E-state index in [0.717, 1.165) is 23.2 Å². The Kier molecular flexibility index (Phi) is 37.2. The smallest absolute Gasteiger partial charge is 0.221 e. The maximum absolute atomic E-state index is 10.8. The Balaban J connectivity index is -0.000000108. The van der Waals surface area contributed by atoms with Crippen LogP contribution in [0.1, 0.15) is 127 Å². The maximum Gasteiger partial charge on any atom is 0.221 e. The molecule has 4 heteroatoms. The maximum atomic E-state index is 10.8. The van der Waals surface area contributed by atoms with Gasteiger partial charge < -0.3 is 17.3 Å². The van der Waals surface area contributed by atoms with Crippen LogP contribution in [-0.4, -0.2) is 11.0 Å². The minimum Gasteiger partial charge on any atom is -0.508 e. The van der Waals surface area contributed by atoms with Crippen molar-refractivity contribution in [1.82, 2.24) is 0 Å². The number of amides is 1. The summed E-state index contributed by atoms with van der Waals surface area (Å²) in [5.74, 6) is 0.278. The van der Waals surface area contributed by atoms with Crippen LogP contribution in [0, 0.1) is 13.8 Å². The van der Waals surface area contributed by atoms with Crippen molar-refractivity contribution in [2.24, 2.45) is 0 Å². The number of phenols is 1. The van der Waals surface area contributed by atoms with Gasteiger partial charge in [0.15, 0.2) is 0 Å². The average molecular weight is 671 g/mol. The van der Waals surface area contributed by atoms with Crippen LogP contribution in [0.15, 0.2) is 72.8 Å². The number of hydrogen-bond donors (Lipinski definition) is 2. The van der Waals surface area contributed by atoms with Gasteiger partial charge in [0.2, 0.25) is 5.91 Å². The molecular formula is C39H67NO2Y-2. The summed E-state index contributed by atoms with van der Waals surface area (Å²) >= 11 is 0. The molecule has 0 unspecified atom stereocenters. The van der Waals surface area contributed by atoms with E-state index < -0.39 is 0 Å². The van der Waals surface area contributed by atoms with E-state index in [0.29, 0.717) is 5.75 Å². The van der Waals surface area contributed by atoms with Crippen molar-refractivity contribution >= 4 is 11.6 Å². The summed E-state index contributed by atoms with van der Waals surface area (Å²) in [5.41, 5.74) is 6.13. The third-order valence-electron chi connectivity index (χ3n) is 5.12. The minimum absolute atomic E-state index is 0. The third kappa shape index (κ3) is 27.2.